The highest BCUT2D eigenvalue weighted by Crippen LogP contribution is 2.18. The number of likely N-dealkylation sites (tertiary alicyclic amines) is 1. The van der Waals surface area contributed by atoms with Crippen LogP contribution in [-0.2, 0) is 14.3 Å². The smallest absolute Gasteiger partial charge is 0.328 e. The minimum Gasteiger partial charge on any atom is -0.480 e. The number of urea groups is 1. The molecule has 2 atom stereocenters. The molecule has 1 rings (SSSR count). The van der Waals surface area contributed by atoms with E-state index < -0.39 is 24.6 Å². The molecule has 8 heteroatoms. The van der Waals surface area contributed by atoms with E-state index in [1.54, 1.807) is 6.92 Å². The van der Waals surface area contributed by atoms with Crippen LogP contribution in [-0.4, -0.2) is 65.4 Å². The van der Waals surface area contributed by atoms with Crippen molar-refractivity contribution in [3.63, 3.8) is 0 Å². The van der Waals surface area contributed by atoms with Crippen LogP contribution in [0.15, 0.2) is 0 Å². The second kappa shape index (κ2) is 7.68. The number of esters is 1. The molecule has 0 aliphatic carbocycles. The fourth-order valence-corrected chi connectivity index (χ4v) is 2.04. The molecular formula is C12H20N2O6. The molecule has 0 spiro atoms. The molecule has 3 N–H and O–H groups in total. The summed E-state index contributed by atoms with van der Waals surface area (Å²) in [6.45, 7) is 1.95. The topological polar surface area (TPSA) is 116 Å². The molecule has 0 saturated carbocycles. The van der Waals surface area contributed by atoms with Crippen LogP contribution in [0.4, 0.5) is 4.79 Å². The molecule has 1 heterocycles. The van der Waals surface area contributed by atoms with Crippen molar-refractivity contribution in [2.75, 3.05) is 26.3 Å². The average molecular weight is 288 g/mol. The Balaban J connectivity index is 2.55. The SMILES string of the molecule is CCOC(=O)C1CCCN(C(=O)NC(CO)C(=O)O)C1. The van der Waals surface area contributed by atoms with Gasteiger partial charge in [-0.1, -0.05) is 0 Å². The molecule has 1 aliphatic rings. The molecule has 20 heavy (non-hydrogen) atoms. The lowest BCUT2D eigenvalue weighted by Crippen LogP contribution is -2.52. The third-order valence-electron chi connectivity index (χ3n) is 3.11. The maximum absolute atomic E-state index is 11.9. The fourth-order valence-electron chi connectivity index (χ4n) is 2.04. The van der Waals surface area contributed by atoms with Crippen LogP contribution in [0.5, 0.6) is 0 Å². The normalized spacial score (nSPS) is 20.1. The largest absolute Gasteiger partial charge is 0.480 e. The fraction of sp³-hybridized carbons (Fsp3) is 0.750. The number of carboxylic acid groups (broad SMARTS) is 1. The van der Waals surface area contributed by atoms with Gasteiger partial charge in [-0.2, -0.15) is 0 Å². The van der Waals surface area contributed by atoms with E-state index in [0.29, 0.717) is 19.4 Å². The first-order valence-electron chi connectivity index (χ1n) is 6.55. The minimum atomic E-state index is -1.34. The van der Waals surface area contributed by atoms with E-state index in [1.807, 2.05) is 0 Å². The first-order valence-corrected chi connectivity index (χ1v) is 6.55. The van der Waals surface area contributed by atoms with Crippen LogP contribution in [0.3, 0.4) is 0 Å². The molecule has 2 unspecified atom stereocenters. The van der Waals surface area contributed by atoms with Crippen LogP contribution in [0, 0.1) is 5.92 Å². The van der Waals surface area contributed by atoms with Crippen molar-refractivity contribution < 1.29 is 29.3 Å². The number of aliphatic hydroxyl groups is 1. The summed E-state index contributed by atoms with van der Waals surface area (Å²) in [5.41, 5.74) is 0. The lowest BCUT2D eigenvalue weighted by atomic mass is 9.98. The summed E-state index contributed by atoms with van der Waals surface area (Å²) in [6.07, 6.45) is 1.29. The Morgan fingerprint density at radius 2 is 2.15 bits per heavy atom. The first-order chi connectivity index (χ1) is 9.49. The third kappa shape index (κ3) is 4.37. The van der Waals surface area contributed by atoms with E-state index in [0.717, 1.165) is 0 Å². The summed E-state index contributed by atoms with van der Waals surface area (Å²) in [5.74, 6) is -2.03. The highest BCUT2D eigenvalue weighted by atomic mass is 16.5. The average Bonchev–Trinajstić information content (AvgIpc) is 2.44. The van der Waals surface area contributed by atoms with Gasteiger partial charge in [-0.05, 0) is 19.8 Å². The van der Waals surface area contributed by atoms with Gasteiger partial charge in [0.2, 0.25) is 0 Å². The van der Waals surface area contributed by atoms with E-state index in [4.69, 9.17) is 14.9 Å². The summed E-state index contributed by atoms with van der Waals surface area (Å²) >= 11 is 0. The zero-order chi connectivity index (χ0) is 15.1. The number of carbonyl (C=O) groups is 3. The number of nitrogens with zero attached hydrogens (tertiary/aromatic N) is 1. The summed E-state index contributed by atoms with van der Waals surface area (Å²) in [6, 6.07) is -1.94. The molecule has 0 aromatic carbocycles. The van der Waals surface area contributed by atoms with Crippen molar-refractivity contribution in [3.8, 4) is 0 Å². The molecule has 1 aliphatic heterocycles. The van der Waals surface area contributed by atoms with Gasteiger partial charge >= 0.3 is 18.0 Å². The van der Waals surface area contributed by atoms with Crippen molar-refractivity contribution >= 4 is 18.0 Å². The Labute approximate surface area is 116 Å². The second-order valence-corrected chi connectivity index (χ2v) is 4.56. The second-order valence-electron chi connectivity index (χ2n) is 4.56. The van der Waals surface area contributed by atoms with Gasteiger partial charge in [-0.3, -0.25) is 4.79 Å². The Bertz CT molecular complexity index is 373. The lowest BCUT2D eigenvalue weighted by molar-refractivity contribution is -0.149. The van der Waals surface area contributed by atoms with Crippen molar-refractivity contribution in [2.45, 2.75) is 25.8 Å². The maximum atomic E-state index is 11.9. The molecule has 0 aromatic heterocycles. The van der Waals surface area contributed by atoms with Crippen LogP contribution < -0.4 is 5.32 Å². The van der Waals surface area contributed by atoms with Gasteiger partial charge in [0.1, 0.15) is 0 Å². The van der Waals surface area contributed by atoms with Crippen LogP contribution in [0.2, 0.25) is 0 Å². The van der Waals surface area contributed by atoms with Gasteiger partial charge in [0, 0.05) is 13.1 Å². The number of aliphatic hydroxyl groups excluding tert-OH is 1. The van der Waals surface area contributed by atoms with Gasteiger partial charge in [-0.15, -0.1) is 0 Å². The minimum absolute atomic E-state index is 0.197. The monoisotopic (exact) mass is 288 g/mol. The molecule has 114 valence electrons. The number of carboxylic acids is 1. The van der Waals surface area contributed by atoms with E-state index in [1.165, 1.54) is 4.90 Å². The first kappa shape index (κ1) is 16.2. The van der Waals surface area contributed by atoms with Gasteiger partial charge in [-0.25, -0.2) is 9.59 Å². The number of rotatable bonds is 5. The van der Waals surface area contributed by atoms with E-state index in [-0.39, 0.29) is 25.0 Å². The lowest BCUT2D eigenvalue weighted by Gasteiger charge is -2.32. The van der Waals surface area contributed by atoms with Crippen molar-refractivity contribution in [1.82, 2.24) is 10.2 Å². The van der Waals surface area contributed by atoms with E-state index in [9.17, 15) is 14.4 Å². The number of aliphatic carboxylic acids is 1. The Hall–Kier alpha value is -1.83. The van der Waals surface area contributed by atoms with E-state index in [2.05, 4.69) is 5.32 Å². The molecule has 2 amide bonds. The number of carbonyl (C=O) groups excluding carboxylic acids is 2. The molecule has 0 aromatic rings. The van der Waals surface area contributed by atoms with Crippen molar-refractivity contribution in [1.29, 1.82) is 0 Å². The molecular weight excluding hydrogens is 268 g/mol. The zero-order valence-electron chi connectivity index (χ0n) is 11.4. The summed E-state index contributed by atoms with van der Waals surface area (Å²) in [4.78, 5) is 35.6. The summed E-state index contributed by atoms with van der Waals surface area (Å²) in [5, 5.41) is 19.8. The Kier molecular flexibility index (Phi) is 6.23. The van der Waals surface area contributed by atoms with Gasteiger partial charge < -0.3 is 25.2 Å². The third-order valence-corrected chi connectivity index (χ3v) is 3.11. The number of hydrogen-bond acceptors (Lipinski definition) is 5. The quantitative estimate of drug-likeness (QED) is 0.583. The predicted octanol–water partition coefficient (Wildman–Crippen LogP) is -0.583. The zero-order valence-corrected chi connectivity index (χ0v) is 11.4. The number of amides is 2. The number of ether oxygens (including phenoxy) is 1. The summed E-state index contributed by atoms with van der Waals surface area (Å²) in [7, 11) is 0. The van der Waals surface area contributed by atoms with Crippen LogP contribution >= 0.6 is 0 Å². The van der Waals surface area contributed by atoms with E-state index >= 15 is 0 Å². The highest BCUT2D eigenvalue weighted by Gasteiger charge is 2.30. The number of piperidine rings is 1. The highest BCUT2D eigenvalue weighted by molar-refractivity contribution is 5.83. The van der Waals surface area contributed by atoms with Crippen molar-refractivity contribution in [2.24, 2.45) is 5.92 Å². The molecule has 1 saturated heterocycles. The molecule has 0 radical (unpaired) electrons. The maximum Gasteiger partial charge on any atom is 0.328 e. The van der Waals surface area contributed by atoms with Gasteiger partial charge in [0.25, 0.3) is 0 Å². The number of hydrogen-bond donors (Lipinski definition) is 3. The molecule has 0 bridgehead atoms. The molecule has 1 fully saturated rings. The predicted molar refractivity (Wildman–Crippen MR) is 68.0 cm³/mol. The standard InChI is InChI=1S/C12H20N2O6/c1-2-20-11(18)8-4-3-5-14(6-8)12(19)13-9(7-15)10(16)17/h8-9,15H,2-7H2,1H3,(H,13,19)(H,16,17). The molecule has 8 nitrogen and oxygen atoms in total. The Morgan fingerprint density at radius 1 is 1.45 bits per heavy atom. The summed E-state index contributed by atoms with van der Waals surface area (Å²) < 4.78 is 4.92. The van der Waals surface area contributed by atoms with Gasteiger partial charge in [0.05, 0.1) is 19.1 Å². The Morgan fingerprint density at radius 3 is 2.70 bits per heavy atom. The number of nitrogens with one attached hydrogen (secondary N) is 1. The van der Waals surface area contributed by atoms with Gasteiger partial charge in [0.15, 0.2) is 6.04 Å². The van der Waals surface area contributed by atoms with Crippen LogP contribution in [0.25, 0.3) is 0 Å². The van der Waals surface area contributed by atoms with Crippen molar-refractivity contribution in [3.05, 3.63) is 0 Å². The van der Waals surface area contributed by atoms with Crippen LogP contribution in [0.1, 0.15) is 19.8 Å².